The average molecular weight is 245 g/mol. The number of carbonyl (C=O) groups is 1. The zero-order chi connectivity index (χ0) is 13.2. The highest BCUT2D eigenvalue weighted by atomic mass is 16.1. The number of aromatic amines is 1. The van der Waals surface area contributed by atoms with E-state index in [0.29, 0.717) is 12.8 Å². The second kappa shape index (κ2) is 4.82. The number of rotatable bonds is 4. The van der Waals surface area contributed by atoms with Gasteiger partial charge in [0.15, 0.2) is 0 Å². The Morgan fingerprint density at radius 2 is 2.11 bits per heavy atom. The van der Waals surface area contributed by atoms with E-state index in [9.17, 15) is 4.79 Å². The fraction of sp³-hybridized carbons (Fsp3) is 0.357. The number of amides is 1. The van der Waals surface area contributed by atoms with E-state index in [1.54, 1.807) is 0 Å². The molecule has 1 amide bonds. The molecule has 1 aromatic carbocycles. The van der Waals surface area contributed by atoms with E-state index in [1.165, 1.54) is 0 Å². The lowest BCUT2D eigenvalue weighted by molar-refractivity contribution is -0.116. The smallest absolute Gasteiger partial charge is 0.224 e. The molecule has 2 rings (SSSR count). The number of anilines is 1. The van der Waals surface area contributed by atoms with Crippen molar-refractivity contribution in [3.8, 4) is 0 Å². The molecule has 0 aliphatic rings. The summed E-state index contributed by atoms with van der Waals surface area (Å²) in [5.74, 6) is -0.00159. The molecule has 0 unspecified atom stereocenters. The summed E-state index contributed by atoms with van der Waals surface area (Å²) in [6.45, 7) is 3.85. The third kappa shape index (κ3) is 3.11. The Labute approximate surface area is 107 Å². The van der Waals surface area contributed by atoms with Crippen LogP contribution in [-0.4, -0.2) is 16.4 Å². The van der Waals surface area contributed by atoms with E-state index >= 15 is 0 Å². The fourth-order valence-corrected chi connectivity index (χ4v) is 1.82. The van der Waals surface area contributed by atoms with E-state index in [0.717, 1.165) is 16.6 Å². The maximum Gasteiger partial charge on any atom is 0.224 e. The Bertz CT molecular complexity index is 551. The molecule has 0 aliphatic heterocycles. The zero-order valence-electron chi connectivity index (χ0n) is 10.8. The summed E-state index contributed by atoms with van der Waals surface area (Å²) in [7, 11) is 0. The fourth-order valence-electron chi connectivity index (χ4n) is 1.82. The first-order valence-electron chi connectivity index (χ1n) is 6.10. The lowest BCUT2D eigenvalue weighted by Gasteiger charge is -2.17. The molecule has 0 spiro atoms. The van der Waals surface area contributed by atoms with Gasteiger partial charge < -0.3 is 16.0 Å². The zero-order valence-corrected chi connectivity index (χ0v) is 10.8. The van der Waals surface area contributed by atoms with E-state index in [1.807, 2.05) is 44.3 Å². The Hall–Kier alpha value is -1.81. The lowest BCUT2D eigenvalue weighted by atomic mass is 10.00. The van der Waals surface area contributed by atoms with Crippen molar-refractivity contribution in [3.63, 3.8) is 0 Å². The van der Waals surface area contributed by atoms with Crippen molar-refractivity contribution in [1.29, 1.82) is 0 Å². The maximum atomic E-state index is 11.8. The third-order valence-corrected chi connectivity index (χ3v) is 2.86. The SMILES string of the molecule is CC(C)(N)CCC(=O)Nc1c[nH]c2ccccc12. The number of nitrogens with one attached hydrogen (secondary N) is 2. The van der Waals surface area contributed by atoms with Crippen molar-refractivity contribution in [3.05, 3.63) is 30.5 Å². The van der Waals surface area contributed by atoms with Crippen molar-refractivity contribution >= 4 is 22.5 Å². The van der Waals surface area contributed by atoms with Crippen LogP contribution in [0.15, 0.2) is 30.5 Å². The number of para-hydroxylation sites is 1. The molecule has 4 nitrogen and oxygen atoms in total. The minimum Gasteiger partial charge on any atom is -0.359 e. The minimum atomic E-state index is -0.308. The molecule has 0 saturated carbocycles. The van der Waals surface area contributed by atoms with Crippen molar-refractivity contribution in [2.24, 2.45) is 5.73 Å². The van der Waals surface area contributed by atoms with E-state index in [4.69, 9.17) is 5.73 Å². The number of hydrogen-bond acceptors (Lipinski definition) is 2. The third-order valence-electron chi connectivity index (χ3n) is 2.86. The number of hydrogen-bond donors (Lipinski definition) is 3. The molecule has 18 heavy (non-hydrogen) atoms. The predicted molar refractivity (Wildman–Crippen MR) is 74.4 cm³/mol. The number of carbonyl (C=O) groups excluding carboxylic acids is 1. The molecule has 4 N–H and O–H groups in total. The van der Waals surface area contributed by atoms with E-state index < -0.39 is 0 Å². The van der Waals surface area contributed by atoms with Crippen LogP contribution < -0.4 is 11.1 Å². The monoisotopic (exact) mass is 245 g/mol. The molecule has 1 aromatic heterocycles. The Balaban J connectivity index is 2.03. The van der Waals surface area contributed by atoms with Crippen LogP contribution in [0.3, 0.4) is 0 Å². The van der Waals surface area contributed by atoms with Gasteiger partial charge in [0, 0.05) is 29.1 Å². The van der Waals surface area contributed by atoms with Crippen LogP contribution >= 0.6 is 0 Å². The number of nitrogens with two attached hydrogens (primary N) is 1. The topological polar surface area (TPSA) is 70.9 Å². The standard InChI is InChI=1S/C14H19N3O/c1-14(2,15)8-7-13(18)17-12-9-16-11-6-4-3-5-10(11)12/h3-6,9,16H,7-8,15H2,1-2H3,(H,17,18). The molecular weight excluding hydrogens is 226 g/mol. The summed E-state index contributed by atoms with van der Waals surface area (Å²) in [5, 5.41) is 3.94. The largest absolute Gasteiger partial charge is 0.359 e. The molecule has 0 fully saturated rings. The molecule has 4 heteroatoms. The molecule has 0 bridgehead atoms. The number of aromatic nitrogens is 1. The Morgan fingerprint density at radius 3 is 2.83 bits per heavy atom. The minimum absolute atomic E-state index is 0.00159. The summed E-state index contributed by atoms with van der Waals surface area (Å²) in [4.78, 5) is 14.9. The van der Waals surface area contributed by atoms with Crippen LogP contribution in [0.25, 0.3) is 10.9 Å². The normalized spacial score (nSPS) is 11.7. The number of fused-ring (bicyclic) bond motifs is 1. The van der Waals surface area contributed by atoms with Crippen LogP contribution in [0.1, 0.15) is 26.7 Å². The summed E-state index contributed by atoms with van der Waals surface area (Å²) in [5.41, 5.74) is 7.40. The predicted octanol–water partition coefficient (Wildman–Crippen LogP) is 2.62. The first-order valence-corrected chi connectivity index (χ1v) is 6.10. The first kappa shape index (κ1) is 12.6. The van der Waals surface area contributed by atoms with E-state index in [2.05, 4.69) is 10.3 Å². The molecule has 0 saturated heterocycles. The maximum absolute atomic E-state index is 11.8. The number of H-pyrrole nitrogens is 1. The van der Waals surface area contributed by atoms with Gasteiger partial charge in [0.1, 0.15) is 0 Å². The first-order chi connectivity index (χ1) is 8.46. The van der Waals surface area contributed by atoms with Gasteiger partial charge in [-0.25, -0.2) is 0 Å². The van der Waals surface area contributed by atoms with Crippen LogP contribution in [0.4, 0.5) is 5.69 Å². The van der Waals surface area contributed by atoms with Gasteiger partial charge in [-0.15, -0.1) is 0 Å². The molecule has 96 valence electrons. The average Bonchev–Trinajstić information content (AvgIpc) is 2.70. The lowest BCUT2D eigenvalue weighted by Crippen LogP contribution is -2.33. The highest BCUT2D eigenvalue weighted by Crippen LogP contribution is 2.22. The van der Waals surface area contributed by atoms with Crippen molar-refractivity contribution < 1.29 is 4.79 Å². The van der Waals surface area contributed by atoms with Crippen LogP contribution in [0.5, 0.6) is 0 Å². The summed E-state index contributed by atoms with van der Waals surface area (Å²) < 4.78 is 0. The Kier molecular flexibility index (Phi) is 3.39. The number of benzene rings is 1. The second-order valence-electron chi connectivity index (χ2n) is 5.28. The molecule has 0 atom stereocenters. The van der Waals surface area contributed by atoms with Gasteiger partial charge in [-0.3, -0.25) is 4.79 Å². The quantitative estimate of drug-likeness (QED) is 0.775. The highest BCUT2D eigenvalue weighted by Gasteiger charge is 2.14. The van der Waals surface area contributed by atoms with E-state index in [-0.39, 0.29) is 11.4 Å². The van der Waals surface area contributed by atoms with Gasteiger partial charge in [0.2, 0.25) is 5.91 Å². The van der Waals surface area contributed by atoms with Crippen molar-refractivity contribution in [2.75, 3.05) is 5.32 Å². The van der Waals surface area contributed by atoms with Gasteiger partial charge in [-0.2, -0.15) is 0 Å². The Morgan fingerprint density at radius 1 is 1.39 bits per heavy atom. The van der Waals surface area contributed by atoms with Crippen LogP contribution in [0.2, 0.25) is 0 Å². The van der Waals surface area contributed by atoms with Gasteiger partial charge in [-0.05, 0) is 26.3 Å². The van der Waals surface area contributed by atoms with Gasteiger partial charge in [0.05, 0.1) is 5.69 Å². The van der Waals surface area contributed by atoms with Gasteiger partial charge >= 0.3 is 0 Å². The van der Waals surface area contributed by atoms with Crippen molar-refractivity contribution in [1.82, 2.24) is 4.98 Å². The summed E-state index contributed by atoms with van der Waals surface area (Å²) >= 11 is 0. The molecule has 0 radical (unpaired) electrons. The summed E-state index contributed by atoms with van der Waals surface area (Å²) in [6, 6.07) is 7.87. The van der Waals surface area contributed by atoms with Crippen LogP contribution in [0, 0.1) is 0 Å². The molecule has 1 heterocycles. The highest BCUT2D eigenvalue weighted by molar-refractivity contribution is 6.01. The molecular formula is C14H19N3O. The van der Waals surface area contributed by atoms with Gasteiger partial charge in [0.25, 0.3) is 0 Å². The van der Waals surface area contributed by atoms with Crippen molar-refractivity contribution in [2.45, 2.75) is 32.2 Å². The molecule has 0 aliphatic carbocycles. The molecule has 2 aromatic rings. The second-order valence-corrected chi connectivity index (χ2v) is 5.28. The summed E-state index contributed by atoms with van der Waals surface area (Å²) in [6.07, 6.45) is 2.92. The van der Waals surface area contributed by atoms with Gasteiger partial charge in [-0.1, -0.05) is 18.2 Å². The van der Waals surface area contributed by atoms with Crippen LogP contribution in [-0.2, 0) is 4.79 Å².